The smallest absolute Gasteiger partial charge is 0.322 e. The Morgan fingerprint density at radius 3 is 2.71 bits per heavy atom. The number of imidazole rings is 1. The molecule has 1 saturated heterocycles. The molecule has 10 nitrogen and oxygen atoms in total. The minimum Gasteiger partial charge on any atom is -0.497 e. The summed E-state index contributed by atoms with van der Waals surface area (Å²) < 4.78 is 5.36. The monoisotopic (exact) mass is 512 g/mol. The summed E-state index contributed by atoms with van der Waals surface area (Å²) in [6.07, 6.45) is 4.17. The number of ether oxygens (including phenoxy) is 1. The van der Waals surface area contributed by atoms with Gasteiger partial charge >= 0.3 is 6.03 Å². The van der Waals surface area contributed by atoms with E-state index < -0.39 is 0 Å². The summed E-state index contributed by atoms with van der Waals surface area (Å²) in [6.45, 7) is 6.37. The van der Waals surface area contributed by atoms with Crippen molar-refractivity contribution in [3.8, 4) is 5.75 Å². The number of hydrogen-bond acceptors (Lipinski definition) is 7. The zero-order chi connectivity index (χ0) is 26.2. The van der Waals surface area contributed by atoms with E-state index in [1.54, 1.807) is 13.4 Å². The average Bonchev–Trinajstić information content (AvgIpc) is 3.22. The summed E-state index contributed by atoms with van der Waals surface area (Å²) in [4.78, 5) is 34.2. The van der Waals surface area contributed by atoms with Gasteiger partial charge in [-0.05, 0) is 74.6 Å². The fourth-order valence-electron chi connectivity index (χ4n) is 5.53. The molecule has 0 saturated carbocycles. The zero-order valence-corrected chi connectivity index (χ0v) is 21.9. The molecule has 0 unspecified atom stereocenters. The van der Waals surface area contributed by atoms with Crippen molar-refractivity contribution in [2.45, 2.75) is 39.2 Å². The fraction of sp³-hybridized carbons (Fsp3) is 0.357. The number of carbonyl (C=O) groups excluding carboxylic acids is 1. The molecule has 1 fully saturated rings. The minimum atomic E-state index is -0.0275. The lowest BCUT2D eigenvalue weighted by atomic mass is 10.0. The molecular formula is C28H32N8O2. The molecule has 6 rings (SSSR count). The molecule has 196 valence electrons. The number of piperidine rings is 1. The van der Waals surface area contributed by atoms with Crippen LogP contribution < -0.4 is 20.3 Å². The van der Waals surface area contributed by atoms with Gasteiger partial charge in [0.2, 0.25) is 0 Å². The van der Waals surface area contributed by atoms with Crippen molar-refractivity contribution in [2.75, 3.05) is 42.3 Å². The number of nitrogens with one attached hydrogen (secondary N) is 3. The average molecular weight is 513 g/mol. The number of H-pyrrole nitrogens is 1. The summed E-state index contributed by atoms with van der Waals surface area (Å²) >= 11 is 0. The van der Waals surface area contributed by atoms with E-state index in [4.69, 9.17) is 4.74 Å². The lowest BCUT2D eigenvalue weighted by Gasteiger charge is -2.38. The summed E-state index contributed by atoms with van der Waals surface area (Å²) in [5.74, 6) is 3.33. The van der Waals surface area contributed by atoms with E-state index in [1.807, 2.05) is 42.2 Å². The van der Waals surface area contributed by atoms with E-state index in [0.717, 1.165) is 89.1 Å². The van der Waals surface area contributed by atoms with Crippen LogP contribution in [-0.4, -0.2) is 63.7 Å². The molecular weight excluding hydrogens is 480 g/mol. The van der Waals surface area contributed by atoms with Gasteiger partial charge in [0.15, 0.2) is 0 Å². The molecule has 4 heterocycles. The molecule has 2 aromatic carbocycles. The fourth-order valence-corrected chi connectivity index (χ4v) is 5.53. The van der Waals surface area contributed by atoms with Gasteiger partial charge in [0.1, 0.15) is 29.5 Å². The Balaban J connectivity index is 1.11. The Kier molecular flexibility index (Phi) is 6.22. The number of rotatable bonds is 5. The van der Waals surface area contributed by atoms with Crippen LogP contribution in [0.15, 0.2) is 42.7 Å². The van der Waals surface area contributed by atoms with Gasteiger partial charge in [0, 0.05) is 43.1 Å². The van der Waals surface area contributed by atoms with Crippen molar-refractivity contribution in [3.63, 3.8) is 0 Å². The van der Waals surface area contributed by atoms with Gasteiger partial charge in [-0.15, -0.1) is 0 Å². The van der Waals surface area contributed by atoms with Crippen molar-refractivity contribution in [1.29, 1.82) is 0 Å². The van der Waals surface area contributed by atoms with E-state index in [9.17, 15) is 4.79 Å². The molecule has 0 bridgehead atoms. The van der Waals surface area contributed by atoms with E-state index in [-0.39, 0.29) is 12.1 Å². The van der Waals surface area contributed by atoms with Gasteiger partial charge in [-0.25, -0.2) is 19.7 Å². The van der Waals surface area contributed by atoms with Gasteiger partial charge in [-0.2, -0.15) is 0 Å². The van der Waals surface area contributed by atoms with Gasteiger partial charge in [-0.1, -0.05) is 0 Å². The van der Waals surface area contributed by atoms with E-state index in [1.165, 1.54) is 0 Å². The van der Waals surface area contributed by atoms with Gasteiger partial charge in [0.05, 0.1) is 18.1 Å². The Bertz CT molecular complexity index is 1490. The predicted molar refractivity (Wildman–Crippen MR) is 149 cm³/mol. The molecule has 38 heavy (non-hydrogen) atoms. The Morgan fingerprint density at radius 1 is 1.05 bits per heavy atom. The number of hydrogen-bond donors (Lipinski definition) is 3. The standard InChI is InChI=1S/C28H32N8O2/c1-17-12-20(14-24-27(17)32-18(2)31-24)33-25-15-26(30-16-29-25)35-9-7-21(8-10-35)36-11-6-19-13-22(38-3)4-5-23(19)34-28(36)37/h4-5,12-16,21H,6-11H2,1-3H3,(H,31,32)(H,34,37)(H,29,30,33). The molecule has 0 atom stereocenters. The summed E-state index contributed by atoms with van der Waals surface area (Å²) in [7, 11) is 1.66. The SMILES string of the molecule is COc1ccc2c(c1)CCN(C1CCN(c3cc(Nc4cc(C)c5[nH]c(C)nc5c4)ncn3)CC1)C(=O)N2. The van der Waals surface area contributed by atoms with Crippen molar-refractivity contribution >= 4 is 40.1 Å². The number of amides is 2. The van der Waals surface area contributed by atoms with E-state index >= 15 is 0 Å². The second kappa shape index (κ2) is 9.85. The number of aromatic nitrogens is 4. The van der Waals surface area contributed by atoms with Gasteiger partial charge in [0.25, 0.3) is 0 Å². The number of benzene rings is 2. The molecule has 0 radical (unpaired) electrons. The normalized spacial score (nSPS) is 16.2. The Hall–Kier alpha value is -4.34. The number of aryl methyl sites for hydroxylation is 2. The summed E-state index contributed by atoms with van der Waals surface area (Å²) in [5, 5.41) is 6.51. The highest BCUT2D eigenvalue weighted by molar-refractivity contribution is 5.91. The maximum atomic E-state index is 13.0. The maximum absolute atomic E-state index is 13.0. The molecule has 2 aliphatic heterocycles. The Morgan fingerprint density at radius 2 is 1.89 bits per heavy atom. The highest BCUT2D eigenvalue weighted by Gasteiger charge is 2.30. The summed E-state index contributed by atoms with van der Waals surface area (Å²) in [6, 6.07) is 12.1. The number of anilines is 4. The number of aromatic amines is 1. The third-order valence-corrected chi connectivity index (χ3v) is 7.50. The minimum absolute atomic E-state index is 0.0275. The summed E-state index contributed by atoms with van der Waals surface area (Å²) in [5.41, 5.74) is 6.03. The molecule has 4 aromatic rings. The molecule has 3 N–H and O–H groups in total. The first kappa shape index (κ1) is 24.0. The van der Waals surface area contributed by atoms with Crippen LogP contribution in [0.25, 0.3) is 11.0 Å². The van der Waals surface area contributed by atoms with Crippen LogP contribution in [0.2, 0.25) is 0 Å². The number of nitrogens with zero attached hydrogens (tertiary/aromatic N) is 5. The molecule has 0 spiro atoms. The van der Waals surface area contributed by atoms with E-state index in [0.29, 0.717) is 6.54 Å². The highest BCUT2D eigenvalue weighted by atomic mass is 16.5. The third-order valence-electron chi connectivity index (χ3n) is 7.50. The third kappa shape index (κ3) is 4.69. The first-order valence-corrected chi connectivity index (χ1v) is 13.0. The molecule has 2 aliphatic rings. The first-order chi connectivity index (χ1) is 18.5. The Labute approximate surface area is 221 Å². The molecule has 2 aromatic heterocycles. The molecule has 2 amide bonds. The zero-order valence-electron chi connectivity index (χ0n) is 21.9. The number of methoxy groups -OCH3 is 1. The largest absolute Gasteiger partial charge is 0.497 e. The van der Waals surface area contributed by atoms with Crippen LogP contribution in [0.1, 0.15) is 29.8 Å². The maximum Gasteiger partial charge on any atom is 0.322 e. The number of fused-ring (bicyclic) bond motifs is 2. The van der Waals surface area contributed by atoms with Crippen LogP contribution in [0.4, 0.5) is 27.8 Å². The lowest BCUT2D eigenvalue weighted by Crippen LogP contribution is -2.49. The quantitative estimate of drug-likeness (QED) is 0.353. The van der Waals surface area contributed by atoms with Gasteiger partial charge in [-0.3, -0.25) is 0 Å². The second-order valence-corrected chi connectivity index (χ2v) is 10.0. The first-order valence-electron chi connectivity index (χ1n) is 13.0. The predicted octanol–water partition coefficient (Wildman–Crippen LogP) is 4.78. The van der Waals surface area contributed by atoms with Crippen LogP contribution in [0.5, 0.6) is 5.75 Å². The number of carbonyl (C=O) groups is 1. The van der Waals surface area contributed by atoms with Gasteiger partial charge < -0.3 is 30.2 Å². The van der Waals surface area contributed by atoms with Crippen LogP contribution >= 0.6 is 0 Å². The highest BCUT2D eigenvalue weighted by Crippen LogP contribution is 2.29. The molecule has 0 aliphatic carbocycles. The number of urea groups is 1. The lowest BCUT2D eigenvalue weighted by molar-refractivity contribution is 0.177. The van der Waals surface area contributed by atoms with E-state index in [2.05, 4.69) is 48.5 Å². The van der Waals surface area contributed by atoms with Crippen molar-refractivity contribution < 1.29 is 9.53 Å². The van der Waals surface area contributed by atoms with Crippen LogP contribution in [0, 0.1) is 13.8 Å². The van der Waals surface area contributed by atoms with Crippen molar-refractivity contribution in [2.24, 2.45) is 0 Å². The van der Waals surface area contributed by atoms with Crippen LogP contribution in [0.3, 0.4) is 0 Å². The second-order valence-electron chi connectivity index (χ2n) is 10.0. The van der Waals surface area contributed by atoms with Crippen molar-refractivity contribution in [1.82, 2.24) is 24.8 Å². The molecule has 10 heteroatoms. The topological polar surface area (TPSA) is 111 Å². The van der Waals surface area contributed by atoms with Crippen LogP contribution in [-0.2, 0) is 6.42 Å². The van der Waals surface area contributed by atoms with Crippen molar-refractivity contribution in [3.05, 3.63) is 59.7 Å².